The first kappa shape index (κ1) is 22.2. The quantitative estimate of drug-likeness (QED) is 0.580. The lowest BCUT2D eigenvalue weighted by Crippen LogP contribution is -2.36. The Balaban J connectivity index is 1.69. The van der Waals surface area contributed by atoms with E-state index in [0.717, 1.165) is 11.4 Å². The highest BCUT2D eigenvalue weighted by Gasteiger charge is 2.22. The number of imidazole rings is 1. The van der Waals surface area contributed by atoms with E-state index in [0.29, 0.717) is 55.1 Å². The van der Waals surface area contributed by atoms with Gasteiger partial charge in [-0.1, -0.05) is 6.07 Å². The smallest absolute Gasteiger partial charge is 0.274 e. The first-order valence-corrected chi connectivity index (χ1v) is 12.6. The molecule has 0 spiro atoms. The summed E-state index contributed by atoms with van der Waals surface area (Å²) in [5, 5.41) is 12.9. The van der Waals surface area contributed by atoms with Gasteiger partial charge in [-0.3, -0.25) is 4.79 Å². The molecule has 3 aromatic heterocycles. The van der Waals surface area contributed by atoms with Gasteiger partial charge in [-0.25, -0.2) is 18.4 Å². The maximum atomic E-state index is 12.9. The number of nitrogens with one attached hydrogen (secondary N) is 1. The summed E-state index contributed by atoms with van der Waals surface area (Å²) in [6.07, 6.45) is 6.07. The minimum atomic E-state index is -3.09. The molecule has 1 aliphatic heterocycles. The van der Waals surface area contributed by atoms with Crippen molar-refractivity contribution in [1.82, 2.24) is 14.4 Å². The van der Waals surface area contributed by atoms with Crippen LogP contribution >= 0.6 is 0 Å². The van der Waals surface area contributed by atoms with Crippen LogP contribution in [0.4, 0.5) is 11.4 Å². The Morgan fingerprint density at radius 2 is 1.97 bits per heavy atom. The van der Waals surface area contributed by atoms with Crippen LogP contribution in [0, 0.1) is 6.92 Å². The molecule has 0 saturated carbocycles. The van der Waals surface area contributed by atoms with Gasteiger partial charge in [-0.2, -0.15) is 0 Å². The fourth-order valence-electron chi connectivity index (χ4n) is 3.81. The number of pyridine rings is 2. The molecule has 1 amide bonds. The summed E-state index contributed by atoms with van der Waals surface area (Å²) < 4.78 is 24.8. The normalized spacial score (nSPS) is 15.3. The predicted molar refractivity (Wildman–Crippen MR) is 123 cm³/mol. The molecule has 0 aromatic carbocycles. The zero-order chi connectivity index (χ0) is 22.9. The average Bonchev–Trinajstić information content (AvgIpc) is 3.14. The van der Waals surface area contributed by atoms with E-state index >= 15 is 0 Å². The van der Waals surface area contributed by atoms with E-state index in [1.165, 1.54) is 6.26 Å². The Kier molecular flexibility index (Phi) is 6.16. The Hall–Kier alpha value is -2.98. The van der Waals surface area contributed by atoms with Gasteiger partial charge >= 0.3 is 0 Å². The standard InChI is InChI=1S/C22H27N5O4S/c1-15-4-3-5-18(23-15)22(29)25-19-14-27-13-16(8-11-32(2,30)31)24-21(27)12-20(19)26-9-6-17(28)7-10-26/h3-5,12-14,17,28H,6-11H2,1-2H3,(H,25,29). The van der Waals surface area contributed by atoms with Gasteiger partial charge in [0.1, 0.15) is 21.2 Å². The minimum Gasteiger partial charge on any atom is -0.393 e. The van der Waals surface area contributed by atoms with E-state index < -0.39 is 9.84 Å². The summed E-state index contributed by atoms with van der Waals surface area (Å²) in [5.41, 5.74) is 3.83. The molecule has 2 N–H and O–H groups in total. The van der Waals surface area contributed by atoms with Crippen molar-refractivity contribution >= 4 is 32.8 Å². The molecule has 0 bridgehead atoms. The van der Waals surface area contributed by atoms with Crippen molar-refractivity contribution in [3.05, 3.63) is 53.7 Å². The van der Waals surface area contributed by atoms with Crippen LogP contribution in [0.2, 0.25) is 0 Å². The van der Waals surface area contributed by atoms with Crippen molar-refractivity contribution in [3.63, 3.8) is 0 Å². The molecular weight excluding hydrogens is 430 g/mol. The fourth-order valence-corrected chi connectivity index (χ4v) is 4.39. The van der Waals surface area contributed by atoms with Gasteiger partial charge in [-0.15, -0.1) is 0 Å². The Labute approximate surface area is 187 Å². The molecular formula is C22H27N5O4S. The van der Waals surface area contributed by atoms with Crippen LogP contribution in [-0.4, -0.2) is 65.0 Å². The van der Waals surface area contributed by atoms with Crippen LogP contribution in [0.25, 0.3) is 5.65 Å². The van der Waals surface area contributed by atoms with Crippen LogP contribution in [0.1, 0.15) is 34.7 Å². The first-order chi connectivity index (χ1) is 15.2. The third kappa shape index (κ3) is 5.25. The minimum absolute atomic E-state index is 0.0242. The number of anilines is 2. The summed E-state index contributed by atoms with van der Waals surface area (Å²) in [5.74, 6) is -0.292. The largest absolute Gasteiger partial charge is 0.393 e. The molecule has 0 aliphatic carbocycles. The van der Waals surface area contributed by atoms with Crippen LogP contribution in [0.3, 0.4) is 0 Å². The zero-order valence-electron chi connectivity index (χ0n) is 18.2. The van der Waals surface area contributed by atoms with Gasteiger partial charge in [0.15, 0.2) is 0 Å². The number of carbonyl (C=O) groups excluding carboxylic acids is 1. The molecule has 170 valence electrons. The number of aliphatic hydroxyl groups is 1. The van der Waals surface area contributed by atoms with Gasteiger partial charge in [-0.05, 0) is 31.9 Å². The van der Waals surface area contributed by atoms with E-state index in [2.05, 4.69) is 20.2 Å². The van der Waals surface area contributed by atoms with E-state index in [4.69, 9.17) is 0 Å². The van der Waals surface area contributed by atoms with Crippen molar-refractivity contribution in [2.75, 3.05) is 35.3 Å². The lowest BCUT2D eigenvalue weighted by atomic mass is 10.1. The van der Waals surface area contributed by atoms with Crippen molar-refractivity contribution in [2.45, 2.75) is 32.3 Å². The number of aryl methyl sites for hydroxylation is 2. The number of aliphatic hydroxyl groups excluding tert-OH is 1. The Morgan fingerprint density at radius 3 is 2.66 bits per heavy atom. The monoisotopic (exact) mass is 457 g/mol. The highest BCUT2D eigenvalue weighted by atomic mass is 32.2. The first-order valence-electron chi connectivity index (χ1n) is 10.6. The maximum Gasteiger partial charge on any atom is 0.274 e. The number of amides is 1. The molecule has 0 atom stereocenters. The van der Waals surface area contributed by atoms with E-state index in [-0.39, 0.29) is 17.8 Å². The molecule has 10 heteroatoms. The van der Waals surface area contributed by atoms with Crippen LogP contribution < -0.4 is 10.2 Å². The third-order valence-corrected chi connectivity index (χ3v) is 6.47. The summed E-state index contributed by atoms with van der Waals surface area (Å²) in [6, 6.07) is 7.17. The number of rotatable bonds is 6. The summed E-state index contributed by atoms with van der Waals surface area (Å²) in [4.78, 5) is 23.9. The average molecular weight is 458 g/mol. The van der Waals surface area contributed by atoms with E-state index in [1.807, 2.05) is 19.1 Å². The molecule has 32 heavy (non-hydrogen) atoms. The second kappa shape index (κ2) is 8.87. The number of nitrogens with zero attached hydrogens (tertiary/aromatic N) is 4. The summed E-state index contributed by atoms with van der Waals surface area (Å²) >= 11 is 0. The maximum absolute atomic E-state index is 12.9. The SMILES string of the molecule is Cc1cccc(C(=O)Nc2cn3cc(CCS(C)(=O)=O)nc3cc2N2CCC(O)CC2)n1. The predicted octanol–water partition coefficient (Wildman–Crippen LogP) is 1.84. The molecule has 0 radical (unpaired) electrons. The van der Waals surface area contributed by atoms with Crippen LogP contribution in [0.5, 0.6) is 0 Å². The van der Waals surface area contributed by atoms with Gasteiger partial charge in [0.25, 0.3) is 5.91 Å². The lowest BCUT2D eigenvalue weighted by Gasteiger charge is -2.32. The Bertz CT molecular complexity index is 1250. The molecule has 0 unspecified atom stereocenters. The highest BCUT2D eigenvalue weighted by molar-refractivity contribution is 7.90. The van der Waals surface area contributed by atoms with Crippen molar-refractivity contribution in [2.24, 2.45) is 0 Å². The third-order valence-electron chi connectivity index (χ3n) is 5.52. The fraction of sp³-hybridized carbons (Fsp3) is 0.409. The number of sulfone groups is 1. The molecule has 4 rings (SSSR count). The van der Waals surface area contributed by atoms with Gasteiger partial charge < -0.3 is 19.7 Å². The highest BCUT2D eigenvalue weighted by Crippen LogP contribution is 2.30. The summed E-state index contributed by atoms with van der Waals surface area (Å²) in [6.45, 7) is 3.14. The number of carbonyl (C=O) groups is 1. The number of aromatic nitrogens is 3. The molecule has 1 aliphatic rings. The van der Waals surface area contributed by atoms with E-state index in [1.54, 1.807) is 28.9 Å². The van der Waals surface area contributed by atoms with Crippen LogP contribution in [-0.2, 0) is 16.3 Å². The van der Waals surface area contributed by atoms with Crippen molar-refractivity contribution in [1.29, 1.82) is 0 Å². The molecule has 4 heterocycles. The number of hydrogen-bond donors (Lipinski definition) is 2. The van der Waals surface area contributed by atoms with Crippen molar-refractivity contribution < 1.29 is 18.3 Å². The van der Waals surface area contributed by atoms with Gasteiger partial charge in [0.2, 0.25) is 0 Å². The summed E-state index contributed by atoms with van der Waals surface area (Å²) in [7, 11) is -3.09. The van der Waals surface area contributed by atoms with Crippen LogP contribution in [0.15, 0.2) is 36.7 Å². The lowest BCUT2D eigenvalue weighted by molar-refractivity contribution is 0.102. The number of fused-ring (bicyclic) bond motifs is 1. The van der Waals surface area contributed by atoms with Gasteiger partial charge in [0.05, 0.1) is 28.9 Å². The molecule has 1 fully saturated rings. The van der Waals surface area contributed by atoms with Crippen molar-refractivity contribution in [3.8, 4) is 0 Å². The second-order valence-electron chi connectivity index (χ2n) is 8.29. The number of hydrogen-bond acceptors (Lipinski definition) is 7. The molecule has 9 nitrogen and oxygen atoms in total. The van der Waals surface area contributed by atoms with Gasteiger partial charge in [0, 0.05) is 49.9 Å². The van der Waals surface area contributed by atoms with E-state index in [9.17, 15) is 18.3 Å². The topological polar surface area (TPSA) is 117 Å². The zero-order valence-corrected chi connectivity index (χ0v) is 19.0. The second-order valence-corrected chi connectivity index (χ2v) is 10.5. The Morgan fingerprint density at radius 1 is 1.22 bits per heavy atom. The molecule has 1 saturated heterocycles. The number of piperidine rings is 1. The molecule has 3 aromatic rings.